The molecule has 0 spiro atoms. The summed E-state index contributed by atoms with van der Waals surface area (Å²) in [5.74, 6) is 4.44. The van der Waals surface area contributed by atoms with Gasteiger partial charge in [-0.05, 0) is 42.5 Å². The van der Waals surface area contributed by atoms with E-state index >= 15 is 0 Å². The van der Waals surface area contributed by atoms with E-state index in [0.717, 1.165) is 10.4 Å². The van der Waals surface area contributed by atoms with Crippen LogP contribution in [-0.4, -0.2) is 17.0 Å². The first kappa shape index (κ1) is 18.2. The second kappa shape index (κ2) is 8.65. The fraction of sp³-hybridized carbons (Fsp3) is 0. The Bertz CT molecular complexity index is 1040. The molecule has 132 valence electrons. The molecule has 0 aliphatic heterocycles. The smallest absolute Gasteiger partial charge is 0.352 e. The number of carbonyl (C=O) groups excluding carboxylic acids is 1. The van der Waals surface area contributed by atoms with E-state index in [2.05, 4.69) is 17.2 Å². The second-order valence-electron chi connectivity index (χ2n) is 5.50. The number of rotatable bonds is 4. The molecule has 3 aromatic rings. The Labute approximate surface area is 160 Å². The lowest BCUT2D eigenvalue weighted by molar-refractivity contribution is -0.132. The van der Waals surface area contributed by atoms with Crippen molar-refractivity contribution in [2.75, 3.05) is 0 Å². The second-order valence-corrected chi connectivity index (χ2v) is 6.62. The summed E-state index contributed by atoms with van der Waals surface area (Å²) in [5.41, 5.74) is 1.11. The van der Waals surface area contributed by atoms with Gasteiger partial charge in [-0.2, -0.15) is 0 Å². The highest BCUT2D eigenvalue weighted by Gasteiger charge is 2.13. The van der Waals surface area contributed by atoms with Gasteiger partial charge in [-0.1, -0.05) is 48.2 Å². The van der Waals surface area contributed by atoms with Gasteiger partial charge in [0.25, 0.3) is 5.91 Å². The molecule has 0 bridgehead atoms. The number of amides is 1. The van der Waals surface area contributed by atoms with Crippen molar-refractivity contribution in [3.8, 4) is 11.8 Å². The molecule has 0 radical (unpaired) electrons. The van der Waals surface area contributed by atoms with E-state index in [0.29, 0.717) is 10.4 Å². The van der Waals surface area contributed by atoms with Crippen LogP contribution in [0, 0.1) is 11.8 Å². The molecular formula is C22H15NO3S. The minimum atomic E-state index is -1.20. The Kier molecular flexibility index (Phi) is 5.83. The van der Waals surface area contributed by atoms with Gasteiger partial charge in [0, 0.05) is 16.0 Å². The van der Waals surface area contributed by atoms with Crippen molar-refractivity contribution >= 4 is 29.3 Å². The van der Waals surface area contributed by atoms with E-state index in [4.69, 9.17) is 0 Å². The van der Waals surface area contributed by atoms with E-state index in [9.17, 15) is 14.7 Å². The van der Waals surface area contributed by atoms with Gasteiger partial charge in [0.2, 0.25) is 0 Å². The molecule has 5 heteroatoms. The van der Waals surface area contributed by atoms with E-state index in [1.54, 1.807) is 36.4 Å². The molecule has 1 amide bonds. The summed E-state index contributed by atoms with van der Waals surface area (Å²) in [6, 6.07) is 21.7. The van der Waals surface area contributed by atoms with Gasteiger partial charge in [0.1, 0.15) is 5.70 Å². The molecule has 0 aliphatic carbocycles. The summed E-state index contributed by atoms with van der Waals surface area (Å²) in [4.78, 5) is 25.2. The van der Waals surface area contributed by atoms with Crippen LogP contribution in [0.3, 0.4) is 0 Å². The molecule has 3 rings (SSSR count). The van der Waals surface area contributed by atoms with Gasteiger partial charge in [-0.25, -0.2) is 4.79 Å². The highest BCUT2D eigenvalue weighted by molar-refractivity contribution is 7.13. The van der Waals surface area contributed by atoms with Crippen LogP contribution in [0.1, 0.15) is 25.7 Å². The Morgan fingerprint density at radius 3 is 2.22 bits per heavy atom. The normalized spacial score (nSPS) is 10.6. The Morgan fingerprint density at radius 1 is 0.889 bits per heavy atom. The zero-order valence-electron chi connectivity index (χ0n) is 14.2. The van der Waals surface area contributed by atoms with Crippen LogP contribution in [0.2, 0.25) is 0 Å². The molecule has 4 nitrogen and oxygen atoms in total. The third-order valence-electron chi connectivity index (χ3n) is 3.53. The molecule has 1 heterocycles. The SMILES string of the molecule is O=C(O)/C(=C\c1ccc(C#Cc2ccccc2)s1)NC(=O)c1ccccc1. The minimum Gasteiger partial charge on any atom is -0.477 e. The van der Waals surface area contributed by atoms with Crippen molar-refractivity contribution in [2.45, 2.75) is 0 Å². The average Bonchev–Trinajstić information content (AvgIpc) is 3.14. The number of carboxylic acids is 1. The monoisotopic (exact) mass is 373 g/mol. The lowest BCUT2D eigenvalue weighted by Gasteiger charge is -2.05. The molecular weight excluding hydrogens is 358 g/mol. The quantitative estimate of drug-likeness (QED) is 0.537. The fourth-order valence-electron chi connectivity index (χ4n) is 2.23. The van der Waals surface area contributed by atoms with Crippen LogP contribution in [0.15, 0.2) is 78.5 Å². The van der Waals surface area contributed by atoms with Gasteiger partial charge < -0.3 is 10.4 Å². The average molecular weight is 373 g/mol. The Morgan fingerprint density at radius 2 is 1.56 bits per heavy atom. The maximum atomic E-state index is 12.2. The van der Waals surface area contributed by atoms with Crippen LogP contribution >= 0.6 is 11.3 Å². The van der Waals surface area contributed by atoms with Crippen molar-refractivity contribution in [1.29, 1.82) is 0 Å². The number of carbonyl (C=O) groups is 2. The fourth-order valence-corrected chi connectivity index (χ4v) is 3.04. The first-order valence-corrected chi connectivity index (χ1v) is 8.92. The molecule has 1 aromatic heterocycles. The Hall–Kier alpha value is -3.62. The number of hydrogen-bond acceptors (Lipinski definition) is 3. The molecule has 2 N–H and O–H groups in total. The maximum absolute atomic E-state index is 12.2. The molecule has 0 fully saturated rings. The maximum Gasteiger partial charge on any atom is 0.352 e. The number of carboxylic acid groups (broad SMARTS) is 1. The predicted octanol–water partition coefficient (Wildman–Crippen LogP) is 4.00. The van der Waals surface area contributed by atoms with Crippen molar-refractivity contribution in [1.82, 2.24) is 5.32 Å². The van der Waals surface area contributed by atoms with Crippen LogP contribution < -0.4 is 5.32 Å². The third-order valence-corrected chi connectivity index (χ3v) is 4.48. The van der Waals surface area contributed by atoms with Crippen LogP contribution in [-0.2, 0) is 4.79 Å². The van der Waals surface area contributed by atoms with Crippen molar-refractivity contribution in [3.63, 3.8) is 0 Å². The standard InChI is InChI=1S/C22H15NO3S/c24-21(17-9-5-2-6-10-17)23-20(22(25)26)15-19-14-13-18(27-19)12-11-16-7-3-1-4-8-16/h1-10,13-15H,(H,23,24)(H,25,26)/b20-15+. The number of nitrogens with one attached hydrogen (secondary N) is 1. The number of aliphatic carboxylic acids is 1. The summed E-state index contributed by atoms with van der Waals surface area (Å²) in [5, 5.41) is 11.8. The molecule has 0 saturated carbocycles. The number of thiophene rings is 1. The lowest BCUT2D eigenvalue weighted by Crippen LogP contribution is -2.27. The van der Waals surface area contributed by atoms with Gasteiger partial charge in [0.05, 0.1) is 4.88 Å². The molecule has 27 heavy (non-hydrogen) atoms. The molecule has 0 aliphatic rings. The highest BCUT2D eigenvalue weighted by Crippen LogP contribution is 2.18. The van der Waals surface area contributed by atoms with Crippen molar-refractivity contribution in [3.05, 3.63) is 99.4 Å². The van der Waals surface area contributed by atoms with E-state index in [1.165, 1.54) is 17.4 Å². The first-order valence-electron chi connectivity index (χ1n) is 8.10. The van der Waals surface area contributed by atoms with Gasteiger partial charge in [-0.15, -0.1) is 11.3 Å². The van der Waals surface area contributed by atoms with E-state index < -0.39 is 11.9 Å². The van der Waals surface area contributed by atoms with Gasteiger partial charge in [-0.3, -0.25) is 4.79 Å². The van der Waals surface area contributed by atoms with Crippen molar-refractivity contribution < 1.29 is 14.7 Å². The highest BCUT2D eigenvalue weighted by atomic mass is 32.1. The largest absolute Gasteiger partial charge is 0.477 e. The topological polar surface area (TPSA) is 66.4 Å². The zero-order valence-corrected chi connectivity index (χ0v) is 15.0. The summed E-state index contributed by atoms with van der Waals surface area (Å²) in [6.07, 6.45) is 1.43. The zero-order chi connectivity index (χ0) is 19.1. The van der Waals surface area contributed by atoms with Crippen LogP contribution in [0.25, 0.3) is 6.08 Å². The predicted molar refractivity (Wildman–Crippen MR) is 106 cm³/mol. The summed E-state index contributed by atoms with van der Waals surface area (Å²) in [6.45, 7) is 0. The summed E-state index contributed by atoms with van der Waals surface area (Å²) < 4.78 is 0. The Balaban J connectivity index is 1.77. The van der Waals surface area contributed by atoms with Crippen molar-refractivity contribution in [2.24, 2.45) is 0 Å². The van der Waals surface area contributed by atoms with E-state index in [-0.39, 0.29) is 5.70 Å². The minimum absolute atomic E-state index is 0.187. The third kappa shape index (κ3) is 5.18. The lowest BCUT2D eigenvalue weighted by atomic mass is 10.2. The molecule has 0 unspecified atom stereocenters. The summed E-state index contributed by atoms with van der Waals surface area (Å²) in [7, 11) is 0. The van der Waals surface area contributed by atoms with E-state index in [1.807, 2.05) is 36.4 Å². The molecule has 0 saturated heterocycles. The summed E-state index contributed by atoms with van der Waals surface area (Å²) >= 11 is 1.36. The number of hydrogen-bond donors (Lipinski definition) is 2. The van der Waals surface area contributed by atoms with Crippen LogP contribution in [0.4, 0.5) is 0 Å². The molecule has 0 atom stereocenters. The molecule has 2 aromatic carbocycles. The van der Waals surface area contributed by atoms with Crippen LogP contribution in [0.5, 0.6) is 0 Å². The van der Waals surface area contributed by atoms with Gasteiger partial charge in [0.15, 0.2) is 0 Å². The van der Waals surface area contributed by atoms with Gasteiger partial charge >= 0.3 is 5.97 Å². The first-order chi connectivity index (χ1) is 13.1. The number of benzene rings is 2.